The largest absolute Gasteiger partial charge is 0.249 e. The van der Waals surface area contributed by atoms with Gasteiger partial charge in [-0.1, -0.05) is 27.7 Å². The van der Waals surface area contributed by atoms with Gasteiger partial charge in [0.05, 0.1) is 42.9 Å². The van der Waals surface area contributed by atoms with Crippen molar-refractivity contribution in [1.82, 2.24) is 19.9 Å². The van der Waals surface area contributed by atoms with Crippen LogP contribution in [-0.2, 0) is 25.7 Å². The van der Waals surface area contributed by atoms with Gasteiger partial charge in [0.25, 0.3) is 0 Å². The van der Waals surface area contributed by atoms with E-state index in [0.29, 0.717) is 0 Å². The summed E-state index contributed by atoms with van der Waals surface area (Å²) in [6, 6.07) is 0. The Hall–Kier alpha value is -1.48. The van der Waals surface area contributed by atoms with Crippen LogP contribution in [0.4, 0.5) is 0 Å². The Balaban J connectivity index is 1.79. The van der Waals surface area contributed by atoms with Gasteiger partial charge in [0, 0.05) is 5.38 Å². The topological polar surface area (TPSA) is 51.6 Å². The fourth-order valence-corrected chi connectivity index (χ4v) is 7.40. The number of nitrogens with zero attached hydrogens (tertiary/aromatic N) is 4. The van der Waals surface area contributed by atoms with Crippen molar-refractivity contribution in [2.24, 2.45) is 0 Å². The maximum Gasteiger partial charge on any atom is 0.136 e. The van der Waals surface area contributed by atoms with Crippen molar-refractivity contribution in [2.45, 2.75) is 53.4 Å². The molecule has 0 N–H and O–H groups in total. The molecule has 146 valence electrons. The molecule has 0 saturated heterocycles. The van der Waals surface area contributed by atoms with E-state index >= 15 is 0 Å². The third kappa shape index (κ3) is 3.58. The van der Waals surface area contributed by atoms with Gasteiger partial charge in [0.1, 0.15) is 15.0 Å². The van der Waals surface area contributed by atoms with E-state index in [0.717, 1.165) is 63.5 Å². The molecule has 0 saturated carbocycles. The molecular weight excluding hydrogens is 425 g/mol. The fraction of sp³-hybridized carbons (Fsp3) is 0.400. The first-order valence-corrected chi connectivity index (χ1v) is 12.9. The monoisotopic (exact) mass is 446 g/mol. The molecule has 0 aliphatic heterocycles. The zero-order chi connectivity index (χ0) is 19.7. The summed E-state index contributed by atoms with van der Waals surface area (Å²) in [7, 11) is 0. The molecule has 4 rings (SSSR count). The van der Waals surface area contributed by atoms with E-state index in [9.17, 15) is 0 Å². The van der Waals surface area contributed by atoms with Crippen molar-refractivity contribution < 1.29 is 0 Å². The number of hydrogen-bond donors (Lipinski definition) is 0. The second-order valence-corrected chi connectivity index (χ2v) is 9.99. The molecule has 0 radical (unpaired) electrons. The Morgan fingerprint density at radius 1 is 0.643 bits per heavy atom. The minimum atomic E-state index is 0.902. The van der Waals surface area contributed by atoms with Crippen molar-refractivity contribution in [1.29, 1.82) is 0 Å². The zero-order valence-corrected chi connectivity index (χ0v) is 19.7. The van der Waals surface area contributed by atoms with E-state index in [1.165, 1.54) is 14.6 Å². The van der Waals surface area contributed by atoms with Gasteiger partial charge < -0.3 is 0 Å². The molecule has 4 nitrogen and oxygen atoms in total. The average molecular weight is 447 g/mol. The summed E-state index contributed by atoms with van der Waals surface area (Å²) in [6.07, 6.45) is 3.71. The van der Waals surface area contributed by atoms with E-state index in [1.54, 1.807) is 45.3 Å². The highest BCUT2D eigenvalue weighted by Gasteiger charge is 2.22. The van der Waals surface area contributed by atoms with Crippen molar-refractivity contribution in [2.75, 3.05) is 0 Å². The van der Waals surface area contributed by atoms with Crippen molar-refractivity contribution in [3.05, 3.63) is 33.7 Å². The predicted octanol–water partition coefficient (Wildman–Crippen LogP) is 6.76. The van der Waals surface area contributed by atoms with Gasteiger partial charge in [-0.05, 0) is 25.7 Å². The lowest BCUT2D eigenvalue weighted by molar-refractivity contribution is 1.04. The second-order valence-electron chi connectivity index (χ2n) is 6.28. The van der Waals surface area contributed by atoms with Crippen LogP contribution < -0.4 is 0 Å². The molecule has 0 spiro atoms. The normalized spacial score (nSPS) is 11.4. The molecule has 0 aromatic carbocycles. The van der Waals surface area contributed by atoms with E-state index in [2.05, 4.69) is 38.1 Å². The third-order valence-electron chi connectivity index (χ3n) is 4.54. The highest BCUT2D eigenvalue weighted by atomic mass is 32.1. The van der Waals surface area contributed by atoms with E-state index in [-0.39, 0.29) is 0 Å². The van der Waals surface area contributed by atoms with E-state index < -0.39 is 0 Å². The minimum Gasteiger partial charge on any atom is -0.249 e. The highest BCUT2D eigenvalue weighted by Crippen LogP contribution is 2.43. The van der Waals surface area contributed by atoms with Crippen molar-refractivity contribution in [3.8, 4) is 29.7 Å². The summed E-state index contributed by atoms with van der Waals surface area (Å²) < 4.78 is 0. The molecule has 0 aliphatic rings. The van der Waals surface area contributed by atoms with Gasteiger partial charge >= 0.3 is 0 Å². The lowest BCUT2D eigenvalue weighted by Crippen LogP contribution is -1.87. The second kappa shape index (κ2) is 8.49. The first-order chi connectivity index (χ1) is 13.7. The summed E-state index contributed by atoms with van der Waals surface area (Å²) in [5, 5.41) is 5.40. The summed E-state index contributed by atoms with van der Waals surface area (Å²) in [6.45, 7) is 8.63. The van der Waals surface area contributed by atoms with Crippen LogP contribution >= 0.6 is 45.3 Å². The lowest BCUT2D eigenvalue weighted by Gasteiger charge is -1.93. The van der Waals surface area contributed by atoms with Gasteiger partial charge in [-0.15, -0.1) is 45.3 Å². The maximum atomic E-state index is 5.00. The molecule has 0 unspecified atom stereocenters. The standard InChI is InChI=1S/C20H22N4S4/c1-5-11-9-25-18(22-11)16-13(7-3)24-20(27-16)17-14(8-4)23-19(28-17)15-12(6-2)21-10-26-15/h9-10H,5-8H2,1-4H3. The summed E-state index contributed by atoms with van der Waals surface area (Å²) in [4.78, 5) is 22.9. The summed E-state index contributed by atoms with van der Waals surface area (Å²) >= 11 is 6.92. The van der Waals surface area contributed by atoms with Crippen molar-refractivity contribution >= 4 is 45.3 Å². The van der Waals surface area contributed by atoms with Crippen LogP contribution in [-0.4, -0.2) is 19.9 Å². The van der Waals surface area contributed by atoms with Crippen LogP contribution in [0.2, 0.25) is 0 Å². The number of aryl methyl sites for hydroxylation is 4. The number of rotatable bonds is 7. The quantitative estimate of drug-likeness (QED) is 0.314. The van der Waals surface area contributed by atoms with Crippen LogP contribution in [0, 0.1) is 0 Å². The lowest BCUT2D eigenvalue weighted by atomic mass is 10.3. The highest BCUT2D eigenvalue weighted by molar-refractivity contribution is 7.27. The molecule has 0 bridgehead atoms. The summed E-state index contributed by atoms with van der Waals surface area (Å²) in [5.74, 6) is 0. The van der Waals surface area contributed by atoms with Crippen LogP contribution in [0.5, 0.6) is 0 Å². The van der Waals surface area contributed by atoms with E-state index in [4.69, 9.17) is 15.0 Å². The van der Waals surface area contributed by atoms with Crippen LogP contribution in [0.25, 0.3) is 29.7 Å². The van der Waals surface area contributed by atoms with Crippen LogP contribution in [0.1, 0.15) is 50.5 Å². The number of thiazole rings is 4. The first-order valence-electron chi connectivity index (χ1n) is 9.55. The fourth-order valence-electron chi connectivity index (χ4n) is 2.98. The molecule has 4 heterocycles. The van der Waals surface area contributed by atoms with Gasteiger partial charge in [0.2, 0.25) is 0 Å². The average Bonchev–Trinajstić information content (AvgIpc) is 3.51. The SMILES string of the molecule is CCc1csc(-c2sc(-c3sc(-c4scnc4CC)nc3CC)nc2CC)n1. The van der Waals surface area contributed by atoms with Crippen LogP contribution in [0.3, 0.4) is 0 Å². The Bertz CT molecular complexity index is 1090. The molecule has 0 atom stereocenters. The first kappa shape index (κ1) is 19.8. The zero-order valence-electron chi connectivity index (χ0n) is 16.4. The molecule has 0 amide bonds. The molecule has 4 aromatic heterocycles. The number of hydrogen-bond acceptors (Lipinski definition) is 8. The number of aromatic nitrogens is 4. The van der Waals surface area contributed by atoms with Gasteiger partial charge in [0.15, 0.2) is 0 Å². The summed E-state index contributed by atoms with van der Waals surface area (Å²) in [5.41, 5.74) is 6.49. The Morgan fingerprint density at radius 2 is 1.25 bits per heavy atom. The Morgan fingerprint density at radius 3 is 1.82 bits per heavy atom. The minimum absolute atomic E-state index is 0.902. The Labute approximate surface area is 181 Å². The van der Waals surface area contributed by atoms with Crippen molar-refractivity contribution in [3.63, 3.8) is 0 Å². The molecule has 28 heavy (non-hydrogen) atoms. The third-order valence-corrected chi connectivity index (χ3v) is 8.95. The van der Waals surface area contributed by atoms with Gasteiger partial charge in [-0.25, -0.2) is 19.9 Å². The molecule has 4 aromatic rings. The van der Waals surface area contributed by atoms with E-state index in [1.807, 2.05) is 5.51 Å². The molecule has 0 aliphatic carbocycles. The van der Waals surface area contributed by atoms with Gasteiger partial charge in [-0.2, -0.15) is 0 Å². The molecule has 8 heteroatoms. The maximum absolute atomic E-state index is 5.00. The van der Waals surface area contributed by atoms with Gasteiger partial charge in [-0.3, -0.25) is 0 Å². The smallest absolute Gasteiger partial charge is 0.136 e. The molecular formula is C20H22N4S4. The van der Waals surface area contributed by atoms with Crippen LogP contribution in [0.15, 0.2) is 10.9 Å². The Kier molecular flexibility index (Phi) is 6.01. The predicted molar refractivity (Wildman–Crippen MR) is 123 cm³/mol. The molecule has 0 fully saturated rings.